The fourth-order valence-electron chi connectivity index (χ4n) is 2.45. The third-order valence-electron chi connectivity index (χ3n) is 3.31. The molecule has 1 aromatic carbocycles. The first kappa shape index (κ1) is 12.5. The van der Waals surface area contributed by atoms with Crippen LogP contribution in [0.2, 0.25) is 5.02 Å². The van der Waals surface area contributed by atoms with E-state index in [0.29, 0.717) is 5.69 Å². The predicted molar refractivity (Wildman–Crippen MR) is 71.1 cm³/mol. The molecule has 1 aliphatic heterocycles. The predicted octanol–water partition coefficient (Wildman–Crippen LogP) is 3.69. The van der Waals surface area contributed by atoms with Crippen LogP contribution in [0.4, 0.5) is 15.8 Å². The molecule has 1 heterocycles. The molecule has 1 fully saturated rings. The van der Waals surface area contributed by atoms with E-state index in [2.05, 4.69) is 18.7 Å². The molecule has 4 heteroatoms. The summed E-state index contributed by atoms with van der Waals surface area (Å²) in [7, 11) is 0. The molecule has 0 aromatic heterocycles. The van der Waals surface area contributed by atoms with Gasteiger partial charge in [-0.25, -0.2) is 4.39 Å². The van der Waals surface area contributed by atoms with Gasteiger partial charge in [-0.1, -0.05) is 25.4 Å². The molecule has 1 saturated heterocycles. The van der Waals surface area contributed by atoms with Gasteiger partial charge in [-0.2, -0.15) is 0 Å². The summed E-state index contributed by atoms with van der Waals surface area (Å²) < 4.78 is 13.5. The minimum absolute atomic E-state index is 0.0857. The molecular formula is C13H18ClFN2. The Morgan fingerprint density at radius 3 is 2.76 bits per heavy atom. The lowest BCUT2D eigenvalue weighted by molar-refractivity contribution is 0.293. The number of nitrogens with two attached hydrogens (primary N) is 1. The summed E-state index contributed by atoms with van der Waals surface area (Å²) >= 11 is 5.71. The van der Waals surface area contributed by atoms with Crippen molar-refractivity contribution in [3.8, 4) is 0 Å². The van der Waals surface area contributed by atoms with Crippen LogP contribution < -0.4 is 10.6 Å². The van der Waals surface area contributed by atoms with Crippen molar-refractivity contribution in [2.75, 3.05) is 23.7 Å². The molecule has 0 atom stereocenters. The van der Waals surface area contributed by atoms with Crippen molar-refractivity contribution in [2.45, 2.75) is 26.7 Å². The summed E-state index contributed by atoms with van der Waals surface area (Å²) in [5.41, 5.74) is 7.48. The van der Waals surface area contributed by atoms with Crippen LogP contribution in [0, 0.1) is 11.2 Å². The zero-order chi connectivity index (χ0) is 12.6. The second-order valence-corrected chi connectivity index (χ2v) is 5.92. The second-order valence-electron chi connectivity index (χ2n) is 5.51. The van der Waals surface area contributed by atoms with Gasteiger partial charge in [0.15, 0.2) is 0 Å². The van der Waals surface area contributed by atoms with E-state index in [1.165, 1.54) is 18.6 Å². The quantitative estimate of drug-likeness (QED) is 0.777. The highest BCUT2D eigenvalue weighted by atomic mass is 35.5. The van der Waals surface area contributed by atoms with Crippen molar-refractivity contribution >= 4 is 23.0 Å². The molecular weight excluding hydrogens is 239 g/mol. The van der Waals surface area contributed by atoms with Crippen molar-refractivity contribution in [1.82, 2.24) is 0 Å². The fourth-order valence-corrected chi connectivity index (χ4v) is 2.63. The van der Waals surface area contributed by atoms with E-state index in [-0.39, 0.29) is 10.4 Å². The molecule has 0 unspecified atom stereocenters. The van der Waals surface area contributed by atoms with E-state index in [9.17, 15) is 4.39 Å². The molecule has 94 valence electrons. The lowest BCUT2D eigenvalue weighted by atomic mass is 9.84. The highest BCUT2D eigenvalue weighted by molar-refractivity contribution is 6.31. The summed E-state index contributed by atoms with van der Waals surface area (Å²) in [6.45, 7) is 6.27. The SMILES string of the molecule is CC1(C)CCCN(c2cc(F)c(Cl)cc2N)C1. The first-order valence-electron chi connectivity index (χ1n) is 5.88. The van der Waals surface area contributed by atoms with Crippen LogP contribution >= 0.6 is 11.6 Å². The number of piperidine rings is 1. The smallest absolute Gasteiger partial charge is 0.144 e. The van der Waals surface area contributed by atoms with Crippen molar-refractivity contribution < 1.29 is 4.39 Å². The highest BCUT2D eigenvalue weighted by Crippen LogP contribution is 2.35. The summed E-state index contributed by atoms with van der Waals surface area (Å²) in [6.07, 6.45) is 2.30. The number of rotatable bonds is 1. The van der Waals surface area contributed by atoms with Gasteiger partial charge in [0.05, 0.1) is 16.4 Å². The zero-order valence-corrected chi connectivity index (χ0v) is 11.0. The van der Waals surface area contributed by atoms with E-state index >= 15 is 0 Å². The van der Waals surface area contributed by atoms with E-state index in [1.807, 2.05) is 0 Å². The van der Waals surface area contributed by atoms with E-state index in [1.54, 1.807) is 0 Å². The Hall–Kier alpha value is -0.960. The van der Waals surface area contributed by atoms with Gasteiger partial charge in [-0.3, -0.25) is 0 Å². The Kier molecular flexibility index (Phi) is 3.21. The maximum Gasteiger partial charge on any atom is 0.144 e. The molecule has 0 amide bonds. The van der Waals surface area contributed by atoms with E-state index in [4.69, 9.17) is 17.3 Å². The molecule has 2 rings (SSSR count). The molecule has 0 saturated carbocycles. The molecule has 0 aliphatic carbocycles. The zero-order valence-electron chi connectivity index (χ0n) is 10.3. The normalized spacial score (nSPS) is 19.4. The Bertz CT molecular complexity index is 432. The summed E-state index contributed by atoms with van der Waals surface area (Å²) in [5, 5.41) is 0.0857. The molecule has 1 aromatic rings. The van der Waals surface area contributed by atoms with Gasteiger partial charge in [0, 0.05) is 19.2 Å². The average molecular weight is 257 g/mol. The van der Waals surface area contributed by atoms with Crippen LogP contribution in [0.5, 0.6) is 0 Å². The minimum atomic E-state index is -0.403. The molecule has 2 nitrogen and oxygen atoms in total. The average Bonchev–Trinajstić information content (AvgIpc) is 2.22. The summed E-state index contributed by atoms with van der Waals surface area (Å²) in [5.74, 6) is -0.403. The number of benzene rings is 1. The van der Waals surface area contributed by atoms with Crippen molar-refractivity contribution in [2.24, 2.45) is 5.41 Å². The highest BCUT2D eigenvalue weighted by Gasteiger charge is 2.27. The lowest BCUT2D eigenvalue weighted by Gasteiger charge is -2.39. The van der Waals surface area contributed by atoms with Crippen LogP contribution in [0.15, 0.2) is 12.1 Å². The molecule has 1 aliphatic rings. The molecule has 0 radical (unpaired) electrons. The maximum atomic E-state index is 13.5. The van der Waals surface area contributed by atoms with Crippen LogP contribution in [0.1, 0.15) is 26.7 Å². The van der Waals surface area contributed by atoms with Crippen LogP contribution in [-0.2, 0) is 0 Å². The van der Waals surface area contributed by atoms with Crippen molar-refractivity contribution in [3.63, 3.8) is 0 Å². The third-order valence-corrected chi connectivity index (χ3v) is 3.60. The van der Waals surface area contributed by atoms with Gasteiger partial charge >= 0.3 is 0 Å². The first-order valence-corrected chi connectivity index (χ1v) is 6.26. The second kappa shape index (κ2) is 4.37. The monoisotopic (exact) mass is 256 g/mol. The van der Waals surface area contributed by atoms with Gasteiger partial charge in [0.25, 0.3) is 0 Å². The number of nitrogen functional groups attached to an aromatic ring is 1. The Balaban J connectivity index is 2.31. The van der Waals surface area contributed by atoms with E-state index in [0.717, 1.165) is 25.2 Å². The standard InChI is InChI=1S/C13H18ClFN2/c1-13(2)4-3-5-17(8-13)12-7-10(15)9(14)6-11(12)16/h6-7H,3-5,8,16H2,1-2H3. The maximum absolute atomic E-state index is 13.5. The van der Waals surface area contributed by atoms with E-state index < -0.39 is 5.82 Å². The lowest BCUT2D eigenvalue weighted by Crippen LogP contribution is -2.40. The Morgan fingerprint density at radius 1 is 1.41 bits per heavy atom. The van der Waals surface area contributed by atoms with Crippen LogP contribution in [0.3, 0.4) is 0 Å². The first-order chi connectivity index (χ1) is 7.89. The molecule has 0 spiro atoms. The van der Waals surface area contributed by atoms with Gasteiger partial charge in [-0.05, 0) is 24.3 Å². The van der Waals surface area contributed by atoms with Crippen LogP contribution in [-0.4, -0.2) is 13.1 Å². The Labute approximate surface area is 107 Å². The number of hydrogen-bond donors (Lipinski definition) is 1. The number of halogens is 2. The summed E-state index contributed by atoms with van der Waals surface area (Å²) in [4.78, 5) is 2.15. The Morgan fingerprint density at radius 2 is 2.12 bits per heavy atom. The number of nitrogens with zero attached hydrogens (tertiary/aromatic N) is 1. The van der Waals surface area contributed by atoms with Crippen molar-refractivity contribution in [1.29, 1.82) is 0 Å². The molecule has 0 bridgehead atoms. The number of anilines is 2. The minimum Gasteiger partial charge on any atom is -0.397 e. The van der Waals surface area contributed by atoms with Gasteiger partial charge in [0.2, 0.25) is 0 Å². The van der Waals surface area contributed by atoms with Crippen LogP contribution in [0.25, 0.3) is 0 Å². The molecule has 2 N–H and O–H groups in total. The fraction of sp³-hybridized carbons (Fsp3) is 0.538. The van der Waals surface area contributed by atoms with Gasteiger partial charge < -0.3 is 10.6 Å². The summed E-state index contributed by atoms with van der Waals surface area (Å²) in [6, 6.07) is 2.94. The largest absolute Gasteiger partial charge is 0.397 e. The van der Waals surface area contributed by atoms with Gasteiger partial charge in [-0.15, -0.1) is 0 Å². The van der Waals surface area contributed by atoms with Gasteiger partial charge in [0.1, 0.15) is 5.82 Å². The topological polar surface area (TPSA) is 29.3 Å². The third kappa shape index (κ3) is 2.65. The van der Waals surface area contributed by atoms with Crippen molar-refractivity contribution in [3.05, 3.63) is 23.0 Å². The number of hydrogen-bond acceptors (Lipinski definition) is 2. The molecule has 17 heavy (non-hydrogen) atoms.